The molecule has 1 heterocycles. The molecule has 1 aromatic rings. The lowest BCUT2D eigenvalue weighted by Gasteiger charge is -2.42. The summed E-state index contributed by atoms with van der Waals surface area (Å²) in [6.45, 7) is 5.24. The van der Waals surface area contributed by atoms with Crippen molar-refractivity contribution in [3.05, 3.63) is 22.2 Å². The third kappa shape index (κ3) is 3.51. The monoisotopic (exact) mass is 412 g/mol. The predicted octanol–water partition coefficient (Wildman–Crippen LogP) is 2.32. The first-order chi connectivity index (χ1) is 11.6. The summed E-state index contributed by atoms with van der Waals surface area (Å²) in [5, 5.41) is 10.6. The standard InChI is InChI=1S/C17H25BrN4O3/c1-16(2,3)15(24)25-22-13-8-11(18)12(19-4)7-10(13)17(20-5,21-6)9-14(22)23/h7-8,19-21H,9H2,1-6H3. The van der Waals surface area contributed by atoms with Gasteiger partial charge in [-0.25, -0.2) is 4.79 Å². The third-order valence-electron chi connectivity index (χ3n) is 4.32. The fourth-order valence-corrected chi connectivity index (χ4v) is 3.21. The average Bonchev–Trinajstić information content (AvgIpc) is 2.55. The number of anilines is 2. The van der Waals surface area contributed by atoms with Gasteiger partial charge in [0.25, 0.3) is 5.91 Å². The molecule has 0 saturated carbocycles. The van der Waals surface area contributed by atoms with Gasteiger partial charge in [-0.1, -0.05) is 0 Å². The van der Waals surface area contributed by atoms with Crippen molar-refractivity contribution in [3.8, 4) is 0 Å². The topological polar surface area (TPSA) is 82.7 Å². The lowest BCUT2D eigenvalue weighted by molar-refractivity contribution is -0.159. The summed E-state index contributed by atoms with van der Waals surface area (Å²) >= 11 is 3.49. The zero-order valence-corrected chi connectivity index (χ0v) is 17.0. The molecule has 0 unspecified atom stereocenters. The van der Waals surface area contributed by atoms with Gasteiger partial charge >= 0.3 is 5.97 Å². The van der Waals surface area contributed by atoms with E-state index in [1.807, 2.05) is 13.1 Å². The molecule has 1 aliphatic rings. The number of benzene rings is 1. The highest BCUT2D eigenvalue weighted by Gasteiger charge is 2.44. The average molecular weight is 413 g/mol. The second-order valence-corrected chi connectivity index (χ2v) is 7.85. The lowest BCUT2D eigenvalue weighted by Crippen LogP contribution is -2.58. The molecule has 0 atom stereocenters. The molecule has 0 aromatic heterocycles. The van der Waals surface area contributed by atoms with Crippen LogP contribution in [0.25, 0.3) is 0 Å². The SMILES string of the molecule is CNc1cc2c(cc1Br)N(OC(=O)C(C)(C)C)C(=O)CC2(NC)NC. The summed E-state index contributed by atoms with van der Waals surface area (Å²) in [6.07, 6.45) is 0.106. The van der Waals surface area contributed by atoms with Crippen LogP contribution in [0.15, 0.2) is 16.6 Å². The van der Waals surface area contributed by atoms with Gasteiger partial charge in [-0.2, -0.15) is 0 Å². The van der Waals surface area contributed by atoms with Crippen molar-refractivity contribution in [3.63, 3.8) is 0 Å². The first-order valence-electron chi connectivity index (χ1n) is 8.04. The molecular formula is C17H25BrN4O3. The summed E-state index contributed by atoms with van der Waals surface area (Å²) in [5.41, 5.74) is 0.729. The van der Waals surface area contributed by atoms with Crippen LogP contribution in [-0.2, 0) is 20.1 Å². The van der Waals surface area contributed by atoms with Crippen molar-refractivity contribution in [2.24, 2.45) is 5.41 Å². The Morgan fingerprint density at radius 2 is 1.84 bits per heavy atom. The van der Waals surface area contributed by atoms with E-state index >= 15 is 0 Å². The molecule has 138 valence electrons. The van der Waals surface area contributed by atoms with E-state index < -0.39 is 17.0 Å². The number of hydroxylamine groups is 1. The van der Waals surface area contributed by atoms with Gasteiger partial charge < -0.3 is 10.2 Å². The summed E-state index contributed by atoms with van der Waals surface area (Å²) in [4.78, 5) is 30.5. The third-order valence-corrected chi connectivity index (χ3v) is 4.97. The Balaban J connectivity index is 2.61. The molecule has 3 N–H and O–H groups in total. The van der Waals surface area contributed by atoms with Crippen molar-refractivity contribution in [1.29, 1.82) is 0 Å². The molecule has 0 aliphatic carbocycles. The number of hydrogen-bond donors (Lipinski definition) is 3. The molecule has 1 amide bonds. The van der Waals surface area contributed by atoms with Crippen LogP contribution in [0.4, 0.5) is 11.4 Å². The van der Waals surface area contributed by atoms with E-state index in [1.54, 1.807) is 40.9 Å². The number of fused-ring (bicyclic) bond motifs is 1. The van der Waals surface area contributed by atoms with Crippen molar-refractivity contribution in [1.82, 2.24) is 10.6 Å². The minimum Gasteiger partial charge on any atom is -0.387 e. The van der Waals surface area contributed by atoms with Gasteiger partial charge in [0.2, 0.25) is 0 Å². The minimum atomic E-state index is -0.747. The number of carbonyl (C=O) groups excluding carboxylic acids is 2. The number of hydrogen-bond acceptors (Lipinski definition) is 6. The van der Waals surface area contributed by atoms with Gasteiger partial charge in [-0.15, -0.1) is 5.06 Å². The maximum absolute atomic E-state index is 12.8. The lowest BCUT2D eigenvalue weighted by atomic mass is 9.89. The van der Waals surface area contributed by atoms with Crippen LogP contribution in [0.2, 0.25) is 0 Å². The first-order valence-corrected chi connectivity index (χ1v) is 8.84. The molecule has 0 spiro atoms. The molecule has 25 heavy (non-hydrogen) atoms. The van der Waals surface area contributed by atoms with Crippen LogP contribution in [0.3, 0.4) is 0 Å². The first kappa shape index (κ1) is 19.7. The number of rotatable bonds is 4. The summed E-state index contributed by atoms with van der Waals surface area (Å²) in [5.74, 6) is -0.778. The second kappa shape index (κ2) is 6.93. The van der Waals surface area contributed by atoms with Crippen molar-refractivity contribution in [2.75, 3.05) is 31.5 Å². The van der Waals surface area contributed by atoms with Crippen molar-refractivity contribution in [2.45, 2.75) is 32.9 Å². The van der Waals surface area contributed by atoms with Gasteiger partial charge in [0.1, 0.15) is 5.66 Å². The van der Waals surface area contributed by atoms with Crippen molar-refractivity contribution < 1.29 is 14.4 Å². The van der Waals surface area contributed by atoms with Gasteiger partial charge in [0, 0.05) is 22.8 Å². The Morgan fingerprint density at radius 3 is 2.32 bits per heavy atom. The fraction of sp³-hybridized carbons (Fsp3) is 0.529. The number of nitrogens with one attached hydrogen (secondary N) is 3. The van der Waals surface area contributed by atoms with Crippen LogP contribution in [0, 0.1) is 5.41 Å². The normalized spacial score (nSPS) is 16.4. The number of amides is 1. The molecule has 0 radical (unpaired) electrons. The molecule has 0 bridgehead atoms. The van der Waals surface area contributed by atoms with E-state index in [4.69, 9.17) is 4.84 Å². The number of carbonyl (C=O) groups is 2. The van der Waals surface area contributed by atoms with Gasteiger partial charge in [-0.3, -0.25) is 15.4 Å². The highest BCUT2D eigenvalue weighted by atomic mass is 79.9. The zero-order chi connectivity index (χ0) is 19.0. The summed E-state index contributed by atoms with van der Waals surface area (Å²) < 4.78 is 0.765. The van der Waals surface area contributed by atoms with E-state index in [1.165, 1.54) is 0 Å². The maximum Gasteiger partial charge on any atom is 0.338 e. The quantitative estimate of drug-likeness (QED) is 0.658. The molecule has 8 heteroatoms. The number of halogens is 1. The van der Waals surface area contributed by atoms with Crippen LogP contribution in [0.1, 0.15) is 32.8 Å². The highest BCUT2D eigenvalue weighted by Crippen LogP contribution is 2.42. The zero-order valence-electron chi connectivity index (χ0n) is 15.4. The highest BCUT2D eigenvalue weighted by molar-refractivity contribution is 9.10. The Hall–Kier alpha value is -1.64. The van der Waals surface area contributed by atoms with Gasteiger partial charge in [0.05, 0.1) is 17.5 Å². The van der Waals surface area contributed by atoms with E-state index in [9.17, 15) is 9.59 Å². The summed E-state index contributed by atoms with van der Waals surface area (Å²) in [7, 11) is 5.38. The minimum absolute atomic E-state index is 0.106. The van der Waals surface area contributed by atoms with E-state index in [2.05, 4.69) is 31.9 Å². The molecule has 1 aliphatic heterocycles. The molecule has 1 aromatic carbocycles. The second-order valence-electron chi connectivity index (χ2n) is 7.00. The predicted molar refractivity (Wildman–Crippen MR) is 101 cm³/mol. The largest absolute Gasteiger partial charge is 0.387 e. The molecule has 0 fully saturated rings. The summed E-state index contributed by atoms with van der Waals surface area (Å²) in [6, 6.07) is 3.70. The van der Waals surface area contributed by atoms with E-state index in [0.29, 0.717) is 5.69 Å². The molecule has 0 saturated heterocycles. The molecule has 2 rings (SSSR count). The smallest absolute Gasteiger partial charge is 0.338 e. The van der Waals surface area contributed by atoms with Crippen LogP contribution >= 0.6 is 15.9 Å². The van der Waals surface area contributed by atoms with Gasteiger partial charge in [0.15, 0.2) is 0 Å². The molecule has 7 nitrogen and oxygen atoms in total. The van der Waals surface area contributed by atoms with Crippen LogP contribution in [-0.4, -0.2) is 33.0 Å². The van der Waals surface area contributed by atoms with Crippen molar-refractivity contribution >= 4 is 39.2 Å². The molecular weight excluding hydrogens is 388 g/mol. The van der Waals surface area contributed by atoms with E-state index in [0.717, 1.165) is 20.8 Å². The maximum atomic E-state index is 12.8. The Labute approximate surface area is 156 Å². The van der Waals surface area contributed by atoms with E-state index in [-0.39, 0.29) is 12.3 Å². The number of nitrogens with zero attached hydrogens (tertiary/aromatic N) is 1. The Morgan fingerprint density at radius 1 is 1.24 bits per heavy atom. The van der Waals surface area contributed by atoms with Crippen LogP contribution in [0.5, 0.6) is 0 Å². The van der Waals surface area contributed by atoms with Gasteiger partial charge in [-0.05, 0) is 62.9 Å². The fourth-order valence-electron chi connectivity index (χ4n) is 2.68. The Kier molecular flexibility index (Phi) is 5.46. The van der Waals surface area contributed by atoms with Crippen LogP contribution < -0.4 is 21.0 Å². The Bertz CT molecular complexity index is 696.